The van der Waals surface area contributed by atoms with Gasteiger partial charge in [0.05, 0.1) is 13.5 Å². The van der Waals surface area contributed by atoms with Crippen LogP contribution in [0.15, 0.2) is 21.5 Å². The Hall–Kier alpha value is -1.10. The molecule has 13 heavy (non-hydrogen) atoms. The third kappa shape index (κ3) is 2.69. The first-order valence-electron chi connectivity index (χ1n) is 3.57. The van der Waals surface area contributed by atoms with Gasteiger partial charge in [-0.3, -0.25) is 9.59 Å². The van der Waals surface area contributed by atoms with Gasteiger partial charge in [0.1, 0.15) is 0 Å². The van der Waals surface area contributed by atoms with Gasteiger partial charge in [0.2, 0.25) is 5.56 Å². The van der Waals surface area contributed by atoms with Gasteiger partial charge in [-0.1, -0.05) is 0 Å². The molecule has 0 aliphatic rings. The van der Waals surface area contributed by atoms with Crippen molar-refractivity contribution in [1.29, 1.82) is 0 Å². The molecule has 0 spiro atoms. The number of carbonyl (C=O) groups excluding carboxylic acids is 1. The second-order valence-electron chi connectivity index (χ2n) is 2.42. The molecule has 0 fully saturated rings. The molecule has 1 aromatic rings. The Balaban J connectivity index is 2.94. The molecular weight excluding hydrogens is 238 g/mol. The van der Waals surface area contributed by atoms with E-state index in [0.29, 0.717) is 10.0 Å². The van der Waals surface area contributed by atoms with Crippen molar-refractivity contribution in [3.05, 3.63) is 32.7 Å². The number of nitrogens with one attached hydrogen (secondary N) is 1. The van der Waals surface area contributed by atoms with Crippen LogP contribution in [0, 0.1) is 0 Å². The van der Waals surface area contributed by atoms with Crippen molar-refractivity contribution in [3.8, 4) is 0 Å². The SMILES string of the molecule is COC(=O)Cc1cc(=O)[nH]cc1Br. The first-order chi connectivity index (χ1) is 6.13. The molecule has 5 heteroatoms. The highest BCUT2D eigenvalue weighted by atomic mass is 79.9. The van der Waals surface area contributed by atoms with Gasteiger partial charge >= 0.3 is 5.97 Å². The fourth-order valence-electron chi connectivity index (χ4n) is 0.859. The zero-order valence-electron chi connectivity index (χ0n) is 6.96. The summed E-state index contributed by atoms with van der Waals surface area (Å²) in [6.07, 6.45) is 1.60. The van der Waals surface area contributed by atoms with Crippen molar-refractivity contribution >= 4 is 21.9 Å². The summed E-state index contributed by atoms with van der Waals surface area (Å²) in [6, 6.07) is 1.36. The molecule has 1 rings (SSSR count). The Morgan fingerprint density at radius 2 is 2.38 bits per heavy atom. The van der Waals surface area contributed by atoms with Crippen molar-refractivity contribution in [1.82, 2.24) is 4.98 Å². The fraction of sp³-hybridized carbons (Fsp3) is 0.250. The number of hydrogen-bond donors (Lipinski definition) is 1. The molecule has 1 heterocycles. The first-order valence-corrected chi connectivity index (χ1v) is 4.36. The Morgan fingerprint density at radius 3 is 3.00 bits per heavy atom. The number of ether oxygens (including phenoxy) is 1. The maximum atomic E-state index is 10.9. The predicted octanol–water partition coefficient (Wildman–Crippen LogP) is 0.853. The van der Waals surface area contributed by atoms with Gasteiger partial charge in [0, 0.05) is 16.7 Å². The normalized spacial score (nSPS) is 9.69. The molecule has 1 N–H and O–H groups in total. The third-order valence-electron chi connectivity index (χ3n) is 1.52. The van der Waals surface area contributed by atoms with E-state index in [0.717, 1.165) is 0 Å². The quantitative estimate of drug-likeness (QED) is 0.787. The lowest BCUT2D eigenvalue weighted by atomic mass is 10.2. The van der Waals surface area contributed by atoms with E-state index < -0.39 is 0 Å². The van der Waals surface area contributed by atoms with Crippen LogP contribution in [0.4, 0.5) is 0 Å². The summed E-state index contributed by atoms with van der Waals surface area (Å²) in [5, 5.41) is 0. The monoisotopic (exact) mass is 245 g/mol. The molecule has 0 aliphatic carbocycles. The number of rotatable bonds is 2. The topological polar surface area (TPSA) is 59.2 Å². The van der Waals surface area contributed by atoms with Crippen LogP contribution in [0.25, 0.3) is 0 Å². The summed E-state index contributed by atoms with van der Waals surface area (Å²) in [4.78, 5) is 24.2. The number of aromatic amines is 1. The molecule has 0 bridgehead atoms. The van der Waals surface area contributed by atoms with Gasteiger partial charge in [-0.25, -0.2) is 0 Å². The second-order valence-corrected chi connectivity index (χ2v) is 3.28. The van der Waals surface area contributed by atoms with Crippen molar-refractivity contribution in [2.24, 2.45) is 0 Å². The maximum absolute atomic E-state index is 10.9. The Kier molecular flexibility index (Phi) is 3.25. The van der Waals surface area contributed by atoms with Crippen molar-refractivity contribution < 1.29 is 9.53 Å². The molecule has 0 atom stereocenters. The Morgan fingerprint density at radius 1 is 1.69 bits per heavy atom. The van der Waals surface area contributed by atoms with E-state index in [9.17, 15) is 9.59 Å². The van der Waals surface area contributed by atoms with Gasteiger partial charge < -0.3 is 9.72 Å². The highest BCUT2D eigenvalue weighted by Crippen LogP contribution is 2.13. The average Bonchev–Trinajstić information content (AvgIpc) is 2.11. The van der Waals surface area contributed by atoms with Crippen molar-refractivity contribution in [2.75, 3.05) is 7.11 Å². The predicted molar refractivity (Wildman–Crippen MR) is 50.5 cm³/mol. The third-order valence-corrected chi connectivity index (χ3v) is 2.25. The highest BCUT2D eigenvalue weighted by Gasteiger charge is 2.06. The number of pyridine rings is 1. The largest absolute Gasteiger partial charge is 0.469 e. The van der Waals surface area contributed by atoms with E-state index in [1.807, 2.05) is 0 Å². The number of H-pyrrole nitrogens is 1. The molecule has 0 saturated carbocycles. The van der Waals surface area contributed by atoms with Crippen LogP contribution in [-0.4, -0.2) is 18.1 Å². The molecule has 0 amide bonds. The van der Waals surface area contributed by atoms with Crippen LogP contribution in [0.5, 0.6) is 0 Å². The lowest BCUT2D eigenvalue weighted by Crippen LogP contribution is -2.10. The minimum absolute atomic E-state index is 0.0982. The summed E-state index contributed by atoms with van der Waals surface area (Å²) in [5.74, 6) is -0.369. The van der Waals surface area contributed by atoms with E-state index in [2.05, 4.69) is 25.7 Å². The second kappa shape index (κ2) is 4.23. The van der Waals surface area contributed by atoms with E-state index in [1.165, 1.54) is 19.4 Å². The average molecular weight is 246 g/mol. The van der Waals surface area contributed by atoms with E-state index in [4.69, 9.17) is 0 Å². The molecule has 0 aromatic carbocycles. The van der Waals surface area contributed by atoms with Gasteiger partial charge in [-0.05, 0) is 21.5 Å². The van der Waals surface area contributed by atoms with Crippen LogP contribution in [0.1, 0.15) is 5.56 Å². The highest BCUT2D eigenvalue weighted by molar-refractivity contribution is 9.10. The summed E-state index contributed by atoms with van der Waals surface area (Å²) < 4.78 is 5.17. The number of halogens is 1. The summed E-state index contributed by atoms with van der Waals surface area (Å²) in [6.45, 7) is 0. The standard InChI is InChI=1S/C8H8BrNO3/c1-13-8(12)3-5-2-7(11)10-4-6(5)9/h2,4H,3H2,1H3,(H,10,11). The molecule has 70 valence electrons. The number of carbonyl (C=O) groups is 1. The maximum Gasteiger partial charge on any atom is 0.310 e. The van der Waals surface area contributed by atoms with Gasteiger partial charge in [-0.2, -0.15) is 0 Å². The van der Waals surface area contributed by atoms with Crippen LogP contribution in [-0.2, 0) is 16.0 Å². The zero-order chi connectivity index (χ0) is 9.84. The van der Waals surface area contributed by atoms with Crippen LogP contribution in [0.3, 0.4) is 0 Å². The number of methoxy groups -OCH3 is 1. The summed E-state index contributed by atoms with van der Waals surface area (Å²) in [7, 11) is 1.31. The van der Waals surface area contributed by atoms with E-state index in [-0.39, 0.29) is 17.9 Å². The minimum atomic E-state index is -0.369. The zero-order valence-corrected chi connectivity index (χ0v) is 8.55. The number of esters is 1. The molecule has 1 aromatic heterocycles. The molecule has 0 radical (unpaired) electrons. The smallest absolute Gasteiger partial charge is 0.310 e. The number of hydrogen-bond acceptors (Lipinski definition) is 3. The van der Waals surface area contributed by atoms with Gasteiger partial charge in [0.25, 0.3) is 0 Å². The summed E-state index contributed by atoms with van der Waals surface area (Å²) >= 11 is 3.21. The Bertz CT molecular complexity index is 372. The first kappa shape index (κ1) is 9.98. The lowest BCUT2D eigenvalue weighted by Gasteiger charge is -2.01. The minimum Gasteiger partial charge on any atom is -0.469 e. The fourth-order valence-corrected chi connectivity index (χ4v) is 1.23. The van der Waals surface area contributed by atoms with Crippen molar-refractivity contribution in [3.63, 3.8) is 0 Å². The van der Waals surface area contributed by atoms with Crippen molar-refractivity contribution in [2.45, 2.75) is 6.42 Å². The molecule has 0 aliphatic heterocycles. The van der Waals surface area contributed by atoms with Gasteiger partial charge in [-0.15, -0.1) is 0 Å². The van der Waals surface area contributed by atoms with Gasteiger partial charge in [0.15, 0.2) is 0 Å². The molecule has 4 nitrogen and oxygen atoms in total. The van der Waals surface area contributed by atoms with Crippen LogP contribution < -0.4 is 5.56 Å². The van der Waals surface area contributed by atoms with Crippen LogP contribution in [0.2, 0.25) is 0 Å². The summed E-state index contributed by atoms with van der Waals surface area (Å²) in [5.41, 5.74) is 0.387. The van der Waals surface area contributed by atoms with E-state index >= 15 is 0 Å². The molecule has 0 unspecified atom stereocenters. The Labute approximate surface area is 83.1 Å². The molecule has 0 saturated heterocycles. The lowest BCUT2D eigenvalue weighted by molar-refractivity contribution is -0.139. The van der Waals surface area contributed by atoms with Crippen LogP contribution >= 0.6 is 15.9 Å². The van der Waals surface area contributed by atoms with E-state index in [1.54, 1.807) is 0 Å². The molecular formula is C8H8BrNO3. The number of aromatic nitrogens is 1.